The number of thioether (sulfide) groups is 1. The van der Waals surface area contributed by atoms with Crippen LogP contribution in [0, 0.1) is 0 Å². The summed E-state index contributed by atoms with van der Waals surface area (Å²) in [5.74, 6) is 1.11. The maximum atomic E-state index is 5.46. The number of benzene rings is 1. The zero-order valence-electron chi connectivity index (χ0n) is 11.6. The quantitative estimate of drug-likeness (QED) is 0.877. The molecule has 3 rings (SSSR count). The molecular weight excluding hydrogens is 336 g/mol. The summed E-state index contributed by atoms with van der Waals surface area (Å²) in [6.45, 7) is 3.87. The first-order chi connectivity index (χ1) is 9.67. The lowest BCUT2D eigenvalue weighted by Crippen LogP contribution is -2.48. The molecule has 1 aromatic rings. The summed E-state index contributed by atoms with van der Waals surface area (Å²) in [7, 11) is 0. The van der Waals surface area contributed by atoms with Gasteiger partial charge in [0.1, 0.15) is 0 Å². The Morgan fingerprint density at radius 3 is 2.95 bits per heavy atom. The van der Waals surface area contributed by atoms with Crippen LogP contribution in [0.25, 0.3) is 0 Å². The van der Waals surface area contributed by atoms with Crippen molar-refractivity contribution in [2.24, 2.45) is 4.99 Å². The van der Waals surface area contributed by atoms with Crippen molar-refractivity contribution in [3.8, 4) is 0 Å². The molecule has 3 nitrogen and oxygen atoms in total. The van der Waals surface area contributed by atoms with Crippen LogP contribution < -0.4 is 5.32 Å². The van der Waals surface area contributed by atoms with Crippen molar-refractivity contribution in [3.63, 3.8) is 0 Å². The van der Waals surface area contributed by atoms with E-state index >= 15 is 0 Å². The zero-order valence-corrected chi connectivity index (χ0v) is 14.0. The van der Waals surface area contributed by atoms with Crippen LogP contribution in [0.15, 0.2) is 33.7 Å². The number of aliphatic imine (C=N–C) groups is 1. The molecule has 1 spiro atoms. The molecule has 108 valence electrons. The van der Waals surface area contributed by atoms with Gasteiger partial charge >= 0.3 is 0 Å². The summed E-state index contributed by atoms with van der Waals surface area (Å²) in [4.78, 5) is 4.84. The van der Waals surface area contributed by atoms with Gasteiger partial charge in [-0.3, -0.25) is 4.99 Å². The molecule has 2 aliphatic rings. The van der Waals surface area contributed by atoms with Gasteiger partial charge in [0.2, 0.25) is 0 Å². The van der Waals surface area contributed by atoms with Crippen LogP contribution in [0.1, 0.15) is 31.4 Å². The van der Waals surface area contributed by atoms with Crippen LogP contribution in [0.4, 0.5) is 0 Å². The largest absolute Gasteiger partial charge is 0.381 e. The number of nitrogens with one attached hydrogen (secondary N) is 1. The second-order valence-electron chi connectivity index (χ2n) is 5.47. The van der Waals surface area contributed by atoms with Crippen molar-refractivity contribution in [2.75, 3.05) is 19.0 Å². The normalized spacial score (nSPS) is 24.8. The van der Waals surface area contributed by atoms with Gasteiger partial charge in [0.25, 0.3) is 0 Å². The minimum Gasteiger partial charge on any atom is -0.381 e. The predicted molar refractivity (Wildman–Crippen MR) is 88.4 cm³/mol. The number of nitrogens with zero attached hydrogens (tertiary/aromatic N) is 1. The van der Waals surface area contributed by atoms with Gasteiger partial charge in [-0.15, -0.1) is 0 Å². The molecule has 0 amide bonds. The average Bonchev–Trinajstić information content (AvgIpc) is 2.82. The van der Waals surface area contributed by atoms with E-state index in [-0.39, 0.29) is 11.6 Å². The third-order valence-corrected chi connectivity index (χ3v) is 5.62. The summed E-state index contributed by atoms with van der Waals surface area (Å²) >= 11 is 5.36. The molecule has 2 heterocycles. The van der Waals surface area contributed by atoms with Crippen LogP contribution in [-0.2, 0) is 4.74 Å². The van der Waals surface area contributed by atoms with Gasteiger partial charge < -0.3 is 10.1 Å². The first-order valence-electron chi connectivity index (χ1n) is 6.99. The van der Waals surface area contributed by atoms with Gasteiger partial charge in [-0.2, -0.15) is 0 Å². The van der Waals surface area contributed by atoms with Crippen LogP contribution in [-0.4, -0.2) is 29.7 Å². The van der Waals surface area contributed by atoms with Crippen LogP contribution in [0.2, 0.25) is 0 Å². The fourth-order valence-electron chi connectivity index (χ4n) is 2.62. The van der Waals surface area contributed by atoms with E-state index in [1.54, 1.807) is 0 Å². The minimum atomic E-state index is 0.178. The Balaban J connectivity index is 1.70. The van der Waals surface area contributed by atoms with Crippen molar-refractivity contribution in [3.05, 3.63) is 34.3 Å². The standard InChI is InChI=1S/C15H19BrN2OS/c1-11(12-3-2-4-13(16)9-12)17-14-18-15(10-20-14)5-7-19-8-6-15/h2-4,9,11H,5-8,10H2,1H3,(H,17,18). The molecule has 5 heteroatoms. The molecule has 0 aliphatic carbocycles. The van der Waals surface area contributed by atoms with E-state index in [4.69, 9.17) is 9.73 Å². The molecule has 2 saturated heterocycles. The fraction of sp³-hybridized carbons (Fsp3) is 0.533. The summed E-state index contributed by atoms with van der Waals surface area (Å²) in [6, 6.07) is 8.55. The summed E-state index contributed by atoms with van der Waals surface area (Å²) in [5, 5.41) is 4.73. The van der Waals surface area contributed by atoms with E-state index in [9.17, 15) is 0 Å². The lowest BCUT2D eigenvalue weighted by Gasteiger charge is -2.32. The molecule has 1 N–H and O–H groups in total. The van der Waals surface area contributed by atoms with Crippen molar-refractivity contribution in [1.29, 1.82) is 0 Å². The molecule has 1 aromatic carbocycles. The predicted octanol–water partition coefficient (Wildman–Crippen LogP) is 3.75. The van der Waals surface area contributed by atoms with Crippen molar-refractivity contribution in [2.45, 2.75) is 31.3 Å². The third-order valence-electron chi connectivity index (χ3n) is 3.95. The highest BCUT2D eigenvalue weighted by Crippen LogP contribution is 2.33. The molecule has 20 heavy (non-hydrogen) atoms. The fourth-order valence-corrected chi connectivity index (χ4v) is 4.34. The number of amidine groups is 1. The maximum absolute atomic E-state index is 5.46. The van der Waals surface area contributed by atoms with E-state index in [1.807, 2.05) is 17.8 Å². The van der Waals surface area contributed by atoms with Gasteiger partial charge in [0, 0.05) is 23.4 Å². The number of ether oxygens (including phenoxy) is 1. The zero-order chi connectivity index (χ0) is 14.0. The number of hydrogen-bond donors (Lipinski definition) is 1. The molecule has 0 bridgehead atoms. The van der Waals surface area contributed by atoms with E-state index in [2.05, 4.69) is 46.4 Å². The van der Waals surface area contributed by atoms with Gasteiger partial charge in [-0.05, 0) is 37.5 Å². The first-order valence-corrected chi connectivity index (χ1v) is 8.77. The van der Waals surface area contributed by atoms with E-state index < -0.39 is 0 Å². The number of halogens is 1. The first kappa shape index (κ1) is 14.4. The van der Waals surface area contributed by atoms with Crippen LogP contribution in [0.5, 0.6) is 0 Å². The lowest BCUT2D eigenvalue weighted by atomic mass is 9.93. The molecule has 2 aliphatic heterocycles. The smallest absolute Gasteiger partial charge is 0.157 e. The summed E-state index contributed by atoms with van der Waals surface area (Å²) in [6.07, 6.45) is 2.18. The molecular formula is C15H19BrN2OS. The Morgan fingerprint density at radius 2 is 2.20 bits per heavy atom. The summed E-state index contributed by atoms with van der Waals surface area (Å²) in [5.41, 5.74) is 1.46. The molecule has 1 atom stereocenters. The maximum Gasteiger partial charge on any atom is 0.157 e. The highest BCUT2D eigenvalue weighted by molar-refractivity contribution is 9.10. The Kier molecular flexibility index (Phi) is 4.38. The van der Waals surface area contributed by atoms with Crippen molar-refractivity contribution < 1.29 is 4.74 Å². The Labute approximate surface area is 132 Å². The average molecular weight is 355 g/mol. The van der Waals surface area contributed by atoms with Crippen molar-refractivity contribution >= 4 is 32.9 Å². The topological polar surface area (TPSA) is 33.6 Å². The molecule has 0 aromatic heterocycles. The van der Waals surface area contributed by atoms with E-state index in [1.165, 1.54) is 5.56 Å². The summed E-state index contributed by atoms with van der Waals surface area (Å²) < 4.78 is 6.57. The van der Waals surface area contributed by atoms with Crippen LogP contribution >= 0.6 is 27.7 Å². The lowest BCUT2D eigenvalue weighted by molar-refractivity contribution is 0.0555. The Bertz CT molecular complexity index is 514. The second kappa shape index (κ2) is 6.08. The molecule has 2 fully saturated rings. The van der Waals surface area contributed by atoms with Gasteiger partial charge in [-0.25, -0.2) is 0 Å². The highest BCUT2D eigenvalue weighted by atomic mass is 79.9. The van der Waals surface area contributed by atoms with Crippen LogP contribution in [0.3, 0.4) is 0 Å². The monoisotopic (exact) mass is 354 g/mol. The molecule has 0 radical (unpaired) electrons. The van der Waals surface area contributed by atoms with Gasteiger partial charge in [0.15, 0.2) is 5.17 Å². The Morgan fingerprint density at radius 1 is 1.40 bits per heavy atom. The molecule has 1 unspecified atom stereocenters. The number of hydrogen-bond acceptors (Lipinski definition) is 3. The number of rotatable bonds is 2. The Hall–Kier alpha value is -0.520. The van der Waals surface area contributed by atoms with E-state index in [0.29, 0.717) is 0 Å². The minimum absolute atomic E-state index is 0.178. The van der Waals surface area contributed by atoms with Gasteiger partial charge in [0.05, 0.1) is 11.6 Å². The second-order valence-corrected chi connectivity index (χ2v) is 7.35. The van der Waals surface area contributed by atoms with E-state index in [0.717, 1.165) is 41.4 Å². The highest BCUT2D eigenvalue weighted by Gasteiger charge is 2.38. The SMILES string of the molecule is CC(N=C1NC2(CCOCC2)CS1)c1cccc(Br)c1. The third kappa shape index (κ3) is 3.21. The van der Waals surface area contributed by atoms with Gasteiger partial charge in [-0.1, -0.05) is 39.8 Å². The van der Waals surface area contributed by atoms with Crippen molar-refractivity contribution in [1.82, 2.24) is 5.32 Å². The molecule has 0 saturated carbocycles.